The van der Waals surface area contributed by atoms with E-state index in [-0.39, 0.29) is 17.7 Å². The van der Waals surface area contributed by atoms with Crippen LogP contribution < -0.4 is 0 Å². The Morgan fingerprint density at radius 3 is 2.23 bits per heavy atom. The molecule has 13 heavy (non-hydrogen) atoms. The second-order valence-corrected chi connectivity index (χ2v) is 2.69. The average Bonchev–Trinajstić information content (AvgIpc) is 2.03. The van der Waals surface area contributed by atoms with Crippen LogP contribution in [0.15, 0.2) is 0 Å². The summed E-state index contributed by atoms with van der Waals surface area (Å²) in [6.45, 7) is 0. The Labute approximate surface area is 73.1 Å². The maximum absolute atomic E-state index is 12.8. The minimum atomic E-state index is -2.54. The number of carboxylic acids is 1. The lowest BCUT2D eigenvalue weighted by molar-refractivity contribution is -0.167. The number of alkyl halides is 1. The maximum atomic E-state index is 12.8. The highest BCUT2D eigenvalue weighted by Gasteiger charge is 2.36. The van der Waals surface area contributed by atoms with Crippen molar-refractivity contribution in [3.8, 4) is 0 Å². The summed E-state index contributed by atoms with van der Waals surface area (Å²) < 4.78 is 12.8. The minimum Gasteiger partial charge on any atom is -0.478 e. The smallest absolute Gasteiger partial charge is 0.360 e. The molecular weight excluding hydrogens is 181 g/mol. The zero-order chi connectivity index (χ0) is 10.0. The number of nitrogens with zero attached hydrogens (tertiary/aromatic N) is 1. The van der Waals surface area contributed by atoms with E-state index >= 15 is 0 Å². The van der Waals surface area contributed by atoms with Gasteiger partial charge in [-0.2, -0.15) is 0 Å². The number of carbonyl (C=O) groups is 3. The van der Waals surface area contributed by atoms with Crippen molar-refractivity contribution in [3.63, 3.8) is 0 Å². The summed E-state index contributed by atoms with van der Waals surface area (Å²) in [5.41, 5.74) is 0. The summed E-state index contributed by atoms with van der Waals surface area (Å²) >= 11 is 0. The number of amides is 2. The summed E-state index contributed by atoms with van der Waals surface area (Å²) in [6.07, 6.45) is -2.13. The molecule has 0 aliphatic carbocycles. The molecule has 1 N–H and O–H groups in total. The highest BCUT2D eigenvalue weighted by molar-refractivity contribution is 6.00. The van der Waals surface area contributed by atoms with Crippen LogP contribution in [0.5, 0.6) is 0 Å². The molecule has 0 aromatic carbocycles. The largest absolute Gasteiger partial charge is 0.478 e. The fourth-order valence-corrected chi connectivity index (χ4v) is 1.13. The van der Waals surface area contributed by atoms with Crippen LogP contribution in [0.3, 0.4) is 0 Å². The number of likely N-dealkylation sites (tertiary alicyclic amines) is 1. The van der Waals surface area contributed by atoms with Crippen molar-refractivity contribution in [3.05, 3.63) is 0 Å². The minimum absolute atomic E-state index is 0.0272. The van der Waals surface area contributed by atoms with E-state index in [1.54, 1.807) is 0 Å². The standard InChI is InChI=1S/C7H8FNO4/c8-6(7(12)13)9-4(10)2-1-3-5(9)11/h6H,1-3H2,(H,12,13). The number of carbonyl (C=O) groups excluding carboxylic acids is 2. The van der Waals surface area contributed by atoms with Crippen LogP contribution >= 0.6 is 0 Å². The van der Waals surface area contributed by atoms with Gasteiger partial charge in [0.05, 0.1) is 0 Å². The molecule has 6 heteroatoms. The van der Waals surface area contributed by atoms with Crippen LogP contribution in [0.4, 0.5) is 4.39 Å². The van der Waals surface area contributed by atoms with Gasteiger partial charge in [-0.1, -0.05) is 0 Å². The second-order valence-electron chi connectivity index (χ2n) is 2.69. The maximum Gasteiger partial charge on any atom is 0.360 e. The van der Waals surface area contributed by atoms with Crippen molar-refractivity contribution < 1.29 is 23.9 Å². The number of carboxylic acid groups (broad SMARTS) is 1. The molecule has 1 aliphatic rings. The number of aliphatic carboxylic acids is 1. The fraction of sp³-hybridized carbons (Fsp3) is 0.571. The van der Waals surface area contributed by atoms with Crippen molar-refractivity contribution in [1.29, 1.82) is 0 Å². The molecule has 5 nitrogen and oxygen atoms in total. The summed E-state index contributed by atoms with van der Waals surface area (Å²) in [5.74, 6) is -3.33. The number of hydrogen-bond acceptors (Lipinski definition) is 3. The quantitative estimate of drug-likeness (QED) is 0.486. The summed E-state index contributed by atoms with van der Waals surface area (Å²) in [6, 6.07) is 0. The van der Waals surface area contributed by atoms with Gasteiger partial charge in [0.25, 0.3) is 6.30 Å². The third-order valence-corrected chi connectivity index (χ3v) is 1.75. The van der Waals surface area contributed by atoms with Crippen molar-refractivity contribution in [2.24, 2.45) is 0 Å². The predicted molar refractivity (Wildman–Crippen MR) is 38.2 cm³/mol. The first-order chi connectivity index (χ1) is 6.04. The monoisotopic (exact) mass is 189 g/mol. The lowest BCUT2D eigenvalue weighted by Crippen LogP contribution is -2.48. The summed E-state index contributed by atoms with van der Waals surface area (Å²) in [5, 5.41) is 8.25. The van der Waals surface area contributed by atoms with Crippen LogP contribution in [0.2, 0.25) is 0 Å². The van der Waals surface area contributed by atoms with Crippen LogP contribution in [-0.2, 0) is 14.4 Å². The van der Waals surface area contributed by atoms with E-state index in [1.165, 1.54) is 0 Å². The topological polar surface area (TPSA) is 74.7 Å². The molecular formula is C7H8FNO4. The molecule has 0 radical (unpaired) electrons. The molecule has 1 saturated heterocycles. The Bertz CT molecular complexity index is 249. The Kier molecular flexibility index (Phi) is 2.60. The van der Waals surface area contributed by atoms with Crippen molar-refractivity contribution in [2.75, 3.05) is 0 Å². The number of imide groups is 1. The lowest BCUT2D eigenvalue weighted by Gasteiger charge is -2.25. The third-order valence-electron chi connectivity index (χ3n) is 1.75. The molecule has 0 bridgehead atoms. The Morgan fingerprint density at radius 2 is 1.85 bits per heavy atom. The number of rotatable bonds is 2. The predicted octanol–water partition coefficient (Wildman–Crippen LogP) is -0.0943. The van der Waals surface area contributed by atoms with E-state index in [9.17, 15) is 18.8 Å². The lowest BCUT2D eigenvalue weighted by atomic mass is 10.1. The number of hydrogen-bond donors (Lipinski definition) is 1. The molecule has 1 fully saturated rings. The van der Waals surface area contributed by atoms with Crippen LogP contribution in [0.25, 0.3) is 0 Å². The van der Waals surface area contributed by atoms with Gasteiger partial charge in [-0.3, -0.25) is 9.59 Å². The zero-order valence-electron chi connectivity index (χ0n) is 6.70. The molecule has 1 aliphatic heterocycles. The number of piperidine rings is 1. The Morgan fingerprint density at radius 1 is 1.38 bits per heavy atom. The molecule has 1 rings (SSSR count). The molecule has 1 unspecified atom stereocenters. The van der Waals surface area contributed by atoms with Crippen molar-refractivity contribution in [1.82, 2.24) is 4.90 Å². The summed E-state index contributed by atoms with van der Waals surface area (Å²) in [4.78, 5) is 32.2. The second kappa shape index (κ2) is 3.51. The molecule has 0 aromatic rings. The van der Waals surface area contributed by atoms with E-state index in [1.807, 2.05) is 0 Å². The van der Waals surface area contributed by atoms with Gasteiger partial charge < -0.3 is 5.11 Å². The first-order valence-electron chi connectivity index (χ1n) is 3.76. The molecule has 0 saturated carbocycles. The van der Waals surface area contributed by atoms with Crippen molar-refractivity contribution >= 4 is 17.8 Å². The van der Waals surface area contributed by atoms with Crippen molar-refractivity contribution in [2.45, 2.75) is 25.6 Å². The van der Waals surface area contributed by atoms with Crippen LogP contribution in [-0.4, -0.2) is 34.1 Å². The Balaban J connectivity index is 2.80. The molecule has 0 aromatic heterocycles. The van der Waals surface area contributed by atoms with Gasteiger partial charge in [-0.15, -0.1) is 0 Å². The fourth-order valence-electron chi connectivity index (χ4n) is 1.13. The highest BCUT2D eigenvalue weighted by Crippen LogP contribution is 2.16. The molecule has 72 valence electrons. The first-order valence-corrected chi connectivity index (χ1v) is 3.76. The zero-order valence-corrected chi connectivity index (χ0v) is 6.70. The molecule has 0 spiro atoms. The van der Waals surface area contributed by atoms with Gasteiger partial charge in [0.2, 0.25) is 11.8 Å². The van der Waals surface area contributed by atoms with Gasteiger partial charge >= 0.3 is 5.97 Å². The van der Waals surface area contributed by atoms with Crippen LogP contribution in [0, 0.1) is 0 Å². The molecule has 2 amide bonds. The molecule has 1 heterocycles. The number of halogens is 1. The van der Waals surface area contributed by atoms with E-state index in [0.29, 0.717) is 6.42 Å². The van der Waals surface area contributed by atoms with E-state index in [4.69, 9.17) is 5.11 Å². The van der Waals surface area contributed by atoms with Gasteiger partial charge in [0.15, 0.2) is 0 Å². The van der Waals surface area contributed by atoms with Gasteiger partial charge in [0.1, 0.15) is 0 Å². The van der Waals surface area contributed by atoms with E-state index < -0.39 is 24.1 Å². The SMILES string of the molecule is O=C(O)C(F)N1C(=O)CCCC1=O. The summed E-state index contributed by atoms with van der Waals surface area (Å²) in [7, 11) is 0. The van der Waals surface area contributed by atoms with Gasteiger partial charge in [-0.05, 0) is 6.42 Å². The third kappa shape index (κ3) is 1.82. The van der Waals surface area contributed by atoms with Gasteiger partial charge in [0, 0.05) is 12.8 Å². The highest BCUT2D eigenvalue weighted by atomic mass is 19.1. The van der Waals surface area contributed by atoms with E-state index in [2.05, 4.69) is 0 Å². The average molecular weight is 189 g/mol. The normalized spacial score (nSPS) is 20.2. The van der Waals surface area contributed by atoms with E-state index in [0.717, 1.165) is 0 Å². The Hall–Kier alpha value is -1.46. The van der Waals surface area contributed by atoms with Crippen LogP contribution in [0.1, 0.15) is 19.3 Å². The molecule has 1 atom stereocenters. The first kappa shape index (κ1) is 9.63. The van der Waals surface area contributed by atoms with Gasteiger partial charge in [-0.25, -0.2) is 14.1 Å².